The van der Waals surface area contributed by atoms with Gasteiger partial charge in [0, 0.05) is 42.5 Å². The lowest BCUT2D eigenvalue weighted by Gasteiger charge is -2.28. The molecule has 0 spiro atoms. The van der Waals surface area contributed by atoms with Crippen LogP contribution in [0.4, 0.5) is 11.4 Å². The maximum Gasteiger partial charge on any atom is 0.254 e. The van der Waals surface area contributed by atoms with Gasteiger partial charge in [-0.15, -0.1) is 11.3 Å². The van der Waals surface area contributed by atoms with Crippen LogP contribution in [-0.4, -0.2) is 61.6 Å². The van der Waals surface area contributed by atoms with Crippen molar-refractivity contribution in [3.8, 4) is 5.75 Å². The standard InChI is InChI=1S/C25H28N4O4S/c1-18-26-21(17-34-18)16-33-23-5-3-4-19(14-23)25(31)28(2)15-24(30)27-20-6-8-22(9-7-20)29-10-12-32-13-11-29/h3-9,14,17H,10-13,15-16H2,1-2H3,(H,27,30). The molecular weight excluding hydrogens is 452 g/mol. The van der Waals surface area contributed by atoms with Crippen LogP contribution >= 0.6 is 11.3 Å². The number of ether oxygens (including phenoxy) is 2. The molecule has 0 atom stereocenters. The molecular formula is C25H28N4O4S. The Morgan fingerprint density at radius 1 is 1.18 bits per heavy atom. The Hall–Kier alpha value is -3.43. The van der Waals surface area contributed by atoms with Gasteiger partial charge in [0.1, 0.15) is 12.4 Å². The Morgan fingerprint density at radius 2 is 1.94 bits per heavy atom. The number of aryl methyl sites for hydroxylation is 1. The van der Waals surface area contributed by atoms with Crippen LogP contribution in [0.15, 0.2) is 53.9 Å². The van der Waals surface area contributed by atoms with Gasteiger partial charge in [-0.05, 0) is 49.4 Å². The second-order valence-electron chi connectivity index (χ2n) is 8.03. The minimum atomic E-state index is -0.263. The molecule has 2 aromatic carbocycles. The van der Waals surface area contributed by atoms with Gasteiger partial charge in [-0.2, -0.15) is 0 Å². The quantitative estimate of drug-likeness (QED) is 0.531. The Morgan fingerprint density at radius 3 is 2.65 bits per heavy atom. The smallest absolute Gasteiger partial charge is 0.254 e. The van der Waals surface area contributed by atoms with Crippen molar-refractivity contribution in [2.24, 2.45) is 0 Å². The summed E-state index contributed by atoms with van der Waals surface area (Å²) in [5.74, 6) is 0.0590. The summed E-state index contributed by atoms with van der Waals surface area (Å²) >= 11 is 1.57. The lowest BCUT2D eigenvalue weighted by Crippen LogP contribution is -2.36. The Bertz CT molecular complexity index is 1130. The molecule has 2 amide bonds. The van der Waals surface area contributed by atoms with Crippen LogP contribution in [0, 0.1) is 6.92 Å². The highest BCUT2D eigenvalue weighted by Crippen LogP contribution is 2.20. The number of benzene rings is 2. The van der Waals surface area contributed by atoms with Crippen molar-refractivity contribution in [1.82, 2.24) is 9.88 Å². The van der Waals surface area contributed by atoms with Gasteiger partial charge in [0.15, 0.2) is 0 Å². The van der Waals surface area contributed by atoms with E-state index in [1.54, 1.807) is 42.6 Å². The van der Waals surface area contributed by atoms with Crippen molar-refractivity contribution in [3.63, 3.8) is 0 Å². The fourth-order valence-corrected chi connectivity index (χ4v) is 4.23. The van der Waals surface area contributed by atoms with E-state index >= 15 is 0 Å². The van der Waals surface area contributed by atoms with E-state index in [-0.39, 0.29) is 18.4 Å². The number of aromatic nitrogens is 1. The van der Waals surface area contributed by atoms with Crippen LogP contribution in [0.3, 0.4) is 0 Å². The number of carbonyl (C=O) groups excluding carboxylic acids is 2. The van der Waals surface area contributed by atoms with Gasteiger partial charge in [-0.3, -0.25) is 9.59 Å². The van der Waals surface area contributed by atoms with Crippen LogP contribution < -0.4 is 15.0 Å². The summed E-state index contributed by atoms with van der Waals surface area (Å²) in [5, 5.41) is 5.79. The first kappa shape index (κ1) is 23.7. The van der Waals surface area contributed by atoms with E-state index in [9.17, 15) is 9.59 Å². The predicted octanol–water partition coefficient (Wildman–Crippen LogP) is 3.58. The maximum absolute atomic E-state index is 12.8. The minimum Gasteiger partial charge on any atom is -0.487 e. The average molecular weight is 481 g/mol. The summed E-state index contributed by atoms with van der Waals surface area (Å²) in [6, 6.07) is 14.6. The number of nitrogens with zero attached hydrogens (tertiary/aromatic N) is 3. The minimum absolute atomic E-state index is 0.0623. The average Bonchev–Trinajstić information content (AvgIpc) is 3.28. The predicted molar refractivity (Wildman–Crippen MR) is 133 cm³/mol. The largest absolute Gasteiger partial charge is 0.487 e. The first-order chi connectivity index (χ1) is 16.5. The van der Waals surface area contributed by atoms with Crippen molar-refractivity contribution in [2.75, 3.05) is 50.1 Å². The highest BCUT2D eigenvalue weighted by Gasteiger charge is 2.16. The van der Waals surface area contributed by atoms with E-state index in [4.69, 9.17) is 9.47 Å². The normalized spacial score (nSPS) is 13.4. The molecule has 34 heavy (non-hydrogen) atoms. The van der Waals surface area contributed by atoms with Gasteiger partial charge in [-0.1, -0.05) is 6.07 Å². The van der Waals surface area contributed by atoms with Crippen LogP contribution in [0.25, 0.3) is 0 Å². The number of thiazole rings is 1. The summed E-state index contributed by atoms with van der Waals surface area (Å²) in [7, 11) is 1.61. The molecule has 1 N–H and O–H groups in total. The van der Waals surface area contributed by atoms with E-state index in [0.29, 0.717) is 23.6 Å². The number of amides is 2. The molecule has 2 heterocycles. The Kier molecular flexibility index (Phi) is 7.76. The van der Waals surface area contributed by atoms with E-state index in [1.807, 2.05) is 36.6 Å². The van der Waals surface area contributed by atoms with E-state index in [0.717, 1.165) is 42.7 Å². The number of carbonyl (C=O) groups is 2. The highest BCUT2D eigenvalue weighted by atomic mass is 32.1. The topological polar surface area (TPSA) is 84.0 Å². The third-order valence-corrected chi connectivity index (χ3v) is 6.21. The fourth-order valence-electron chi connectivity index (χ4n) is 3.64. The zero-order valence-electron chi connectivity index (χ0n) is 19.3. The number of anilines is 2. The van der Waals surface area contributed by atoms with Gasteiger partial charge in [-0.25, -0.2) is 4.98 Å². The van der Waals surface area contributed by atoms with Crippen molar-refractivity contribution in [1.29, 1.82) is 0 Å². The van der Waals surface area contributed by atoms with Crippen LogP contribution in [0.1, 0.15) is 21.1 Å². The number of hydrogen-bond acceptors (Lipinski definition) is 7. The summed E-state index contributed by atoms with van der Waals surface area (Å²) < 4.78 is 11.2. The second kappa shape index (κ2) is 11.1. The number of morpholine rings is 1. The van der Waals surface area contributed by atoms with Crippen LogP contribution in [0.5, 0.6) is 5.75 Å². The zero-order chi connectivity index (χ0) is 23.9. The molecule has 1 saturated heterocycles. The monoisotopic (exact) mass is 480 g/mol. The molecule has 0 radical (unpaired) electrons. The van der Waals surface area contributed by atoms with Gasteiger partial charge < -0.3 is 24.6 Å². The Labute approximate surface area is 203 Å². The molecule has 0 aliphatic carbocycles. The van der Waals surface area contributed by atoms with Crippen molar-refractivity contribution < 1.29 is 19.1 Å². The fraction of sp³-hybridized carbons (Fsp3) is 0.320. The maximum atomic E-state index is 12.8. The molecule has 1 aliphatic heterocycles. The molecule has 8 nitrogen and oxygen atoms in total. The first-order valence-corrected chi connectivity index (χ1v) is 12.0. The Balaban J connectivity index is 1.29. The molecule has 178 valence electrons. The lowest BCUT2D eigenvalue weighted by atomic mass is 10.2. The first-order valence-electron chi connectivity index (χ1n) is 11.1. The molecule has 1 aliphatic rings. The molecule has 1 aromatic heterocycles. The summed E-state index contributed by atoms with van der Waals surface area (Å²) in [5.41, 5.74) is 3.10. The van der Waals surface area contributed by atoms with Gasteiger partial charge in [0.25, 0.3) is 5.91 Å². The number of hydrogen-bond donors (Lipinski definition) is 1. The summed E-state index contributed by atoms with van der Waals surface area (Å²) in [6.07, 6.45) is 0. The van der Waals surface area contributed by atoms with Gasteiger partial charge in [0.2, 0.25) is 5.91 Å². The van der Waals surface area contributed by atoms with E-state index in [1.165, 1.54) is 4.90 Å². The zero-order valence-corrected chi connectivity index (χ0v) is 20.1. The second-order valence-corrected chi connectivity index (χ2v) is 9.09. The van der Waals surface area contributed by atoms with Crippen LogP contribution in [0.2, 0.25) is 0 Å². The van der Waals surface area contributed by atoms with E-state index in [2.05, 4.69) is 15.2 Å². The van der Waals surface area contributed by atoms with Gasteiger partial charge >= 0.3 is 0 Å². The number of rotatable bonds is 8. The van der Waals surface area contributed by atoms with E-state index < -0.39 is 0 Å². The molecule has 0 unspecified atom stereocenters. The van der Waals surface area contributed by atoms with Crippen molar-refractivity contribution >= 4 is 34.5 Å². The lowest BCUT2D eigenvalue weighted by molar-refractivity contribution is -0.116. The van der Waals surface area contributed by atoms with Crippen molar-refractivity contribution in [3.05, 3.63) is 70.2 Å². The molecule has 3 aromatic rings. The van der Waals surface area contributed by atoms with Crippen LogP contribution in [-0.2, 0) is 16.1 Å². The van der Waals surface area contributed by atoms with Crippen molar-refractivity contribution in [2.45, 2.75) is 13.5 Å². The highest BCUT2D eigenvalue weighted by molar-refractivity contribution is 7.09. The SMILES string of the molecule is Cc1nc(COc2cccc(C(=O)N(C)CC(=O)Nc3ccc(N4CCOCC4)cc3)c2)cs1. The molecule has 0 bridgehead atoms. The molecule has 1 fully saturated rings. The third-order valence-electron chi connectivity index (χ3n) is 5.39. The number of likely N-dealkylation sites (N-methyl/N-ethyl adjacent to an activating group) is 1. The van der Waals surface area contributed by atoms with Gasteiger partial charge in [0.05, 0.1) is 30.5 Å². The molecule has 4 rings (SSSR count). The molecule has 9 heteroatoms. The number of nitrogens with one attached hydrogen (secondary N) is 1. The summed E-state index contributed by atoms with van der Waals surface area (Å²) in [4.78, 5) is 33.4. The summed E-state index contributed by atoms with van der Waals surface area (Å²) in [6.45, 7) is 5.38. The molecule has 0 saturated carbocycles. The third kappa shape index (κ3) is 6.33.